The van der Waals surface area contributed by atoms with Gasteiger partial charge in [-0.25, -0.2) is 0 Å². The van der Waals surface area contributed by atoms with Crippen LogP contribution in [0.2, 0.25) is 5.02 Å². The van der Waals surface area contributed by atoms with E-state index >= 15 is 0 Å². The molecule has 15 heavy (non-hydrogen) atoms. The van der Waals surface area contributed by atoms with Crippen LogP contribution in [0.4, 0.5) is 0 Å². The summed E-state index contributed by atoms with van der Waals surface area (Å²) in [6.07, 6.45) is 0.751. The van der Waals surface area contributed by atoms with Crippen LogP contribution in [-0.4, -0.2) is 17.3 Å². The van der Waals surface area contributed by atoms with Crippen LogP contribution in [0.3, 0.4) is 0 Å². The zero-order valence-electron chi connectivity index (χ0n) is 9.26. The zero-order valence-corrected chi connectivity index (χ0v) is 10.0. The molecule has 0 aromatic heterocycles. The van der Waals surface area contributed by atoms with E-state index in [1.807, 2.05) is 38.1 Å². The van der Waals surface area contributed by atoms with Gasteiger partial charge in [-0.1, -0.05) is 30.7 Å². The normalized spacial score (nSPS) is 14.9. The van der Waals surface area contributed by atoms with Crippen molar-refractivity contribution in [1.29, 1.82) is 0 Å². The van der Waals surface area contributed by atoms with E-state index in [1.165, 1.54) is 5.56 Å². The smallest absolute Gasteiger partial charge is 0.0741 e. The van der Waals surface area contributed by atoms with Crippen molar-refractivity contribution in [3.8, 4) is 0 Å². The van der Waals surface area contributed by atoms with Gasteiger partial charge in [-0.3, -0.25) is 0 Å². The van der Waals surface area contributed by atoms with E-state index in [4.69, 9.17) is 11.6 Å². The van der Waals surface area contributed by atoms with Gasteiger partial charge in [0.25, 0.3) is 0 Å². The first-order valence-electron chi connectivity index (χ1n) is 5.21. The van der Waals surface area contributed by atoms with Crippen molar-refractivity contribution in [2.75, 3.05) is 6.54 Å². The molecule has 0 aliphatic heterocycles. The Balaban J connectivity index is 2.35. The lowest BCUT2D eigenvalue weighted by Gasteiger charge is -2.21. The highest BCUT2D eigenvalue weighted by molar-refractivity contribution is 6.30. The van der Waals surface area contributed by atoms with Crippen LogP contribution >= 0.6 is 11.6 Å². The van der Waals surface area contributed by atoms with Crippen molar-refractivity contribution in [3.63, 3.8) is 0 Å². The molecule has 1 atom stereocenters. The highest BCUT2D eigenvalue weighted by atomic mass is 35.5. The van der Waals surface area contributed by atoms with Gasteiger partial charge in [-0.05, 0) is 31.0 Å². The standard InChI is InChI=1S/C12H18ClNO/c1-3-12(2,15)9-14-8-10-4-6-11(13)7-5-10/h4-7,14-15H,3,8-9H2,1-2H3/t12-/m0/s1. The quantitative estimate of drug-likeness (QED) is 0.811. The molecule has 3 heteroatoms. The Hall–Kier alpha value is -0.570. The molecular formula is C12H18ClNO. The Kier molecular flexibility index (Phi) is 4.58. The van der Waals surface area contributed by atoms with E-state index in [1.54, 1.807) is 0 Å². The molecule has 1 rings (SSSR count). The lowest BCUT2D eigenvalue weighted by atomic mass is 10.0. The average Bonchev–Trinajstić information content (AvgIpc) is 2.21. The van der Waals surface area contributed by atoms with E-state index in [9.17, 15) is 5.11 Å². The Labute approximate surface area is 96.3 Å². The molecule has 0 radical (unpaired) electrons. The van der Waals surface area contributed by atoms with Gasteiger partial charge in [0.1, 0.15) is 0 Å². The summed E-state index contributed by atoms with van der Waals surface area (Å²) in [4.78, 5) is 0. The van der Waals surface area contributed by atoms with E-state index in [2.05, 4.69) is 5.32 Å². The van der Waals surface area contributed by atoms with Crippen LogP contribution in [-0.2, 0) is 6.54 Å². The average molecular weight is 228 g/mol. The van der Waals surface area contributed by atoms with Crippen molar-refractivity contribution in [1.82, 2.24) is 5.32 Å². The fourth-order valence-electron chi connectivity index (χ4n) is 1.20. The number of halogens is 1. The molecule has 0 saturated carbocycles. The third kappa shape index (κ3) is 4.65. The fraction of sp³-hybridized carbons (Fsp3) is 0.500. The minimum atomic E-state index is -0.619. The van der Waals surface area contributed by atoms with Crippen molar-refractivity contribution in [2.24, 2.45) is 0 Å². The molecule has 1 aromatic carbocycles. The zero-order chi connectivity index (χ0) is 11.3. The Morgan fingerprint density at radius 2 is 1.93 bits per heavy atom. The molecule has 0 amide bonds. The van der Waals surface area contributed by atoms with E-state index in [0.29, 0.717) is 6.54 Å². The van der Waals surface area contributed by atoms with Gasteiger partial charge in [0.15, 0.2) is 0 Å². The maximum atomic E-state index is 9.76. The molecule has 0 heterocycles. The van der Waals surface area contributed by atoms with E-state index in [-0.39, 0.29) is 0 Å². The molecule has 84 valence electrons. The molecule has 0 aliphatic carbocycles. The van der Waals surface area contributed by atoms with Gasteiger partial charge < -0.3 is 10.4 Å². The first-order valence-corrected chi connectivity index (χ1v) is 5.59. The second kappa shape index (κ2) is 5.50. The topological polar surface area (TPSA) is 32.3 Å². The van der Waals surface area contributed by atoms with Crippen LogP contribution in [0, 0.1) is 0 Å². The first kappa shape index (κ1) is 12.5. The largest absolute Gasteiger partial charge is 0.389 e. The molecule has 2 N–H and O–H groups in total. The monoisotopic (exact) mass is 227 g/mol. The summed E-state index contributed by atoms with van der Waals surface area (Å²) < 4.78 is 0. The Morgan fingerprint density at radius 1 is 1.33 bits per heavy atom. The molecule has 0 unspecified atom stereocenters. The van der Waals surface area contributed by atoms with E-state index < -0.39 is 5.60 Å². The fourth-order valence-corrected chi connectivity index (χ4v) is 1.33. The highest BCUT2D eigenvalue weighted by Gasteiger charge is 2.15. The van der Waals surface area contributed by atoms with Crippen LogP contribution in [0.5, 0.6) is 0 Å². The number of hydrogen-bond donors (Lipinski definition) is 2. The highest BCUT2D eigenvalue weighted by Crippen LogP contribution is 2.10. The summed E-state index contributed by atoms with van der Waals surface area (Å²) in [6, 6.07) is 7.71. The number of rotatable bonds is 5. The summed E-state index contributed by atoms with van der Waals surface area (Å²) >= 11 is 5.78. The molecule has 0 saturated heterocycles. The molecule has 0 aliphatic rings. The lowest BCUT2D eigenvalue weighted by molar-refractivity contribution is 0.0555. The minimum Gasteiger partial charge on any atom is -0.389 e. The number of nitrogens with one attached hydrogen (secondary N) is 1. The summed E-state index contributed by atoms with van der Waals surface area (Å²) in [7, 11) is 0. The van der Waals surface area contributed by atoms with Crippen molar-refractivity contribution < 1.29 is 5.11 Å². The van der Waals surface area contributed by atoms with Crippen molar-refractivity contribution >= 4 is 11.6 Å². The maximum absolute atomic E-state index is 9.76. The van der Waals surface area contributed by atoms with Crippen LogP contribution in [0.1, 0.15) is 25.8 Å². The van der Waals surface area contributed by atoms with Gasteiger partial charge in [0.05, 0.1) is 5.60 Å². The summed E-state index contributed by atoms with van der Waals surface area (Å²) in [5, 5.41) is 13.7. The Bertz CT molecular complexity index is 295. The maximum Gasteiger partial charge on any atom is 0.0741 e. The molecular weight excluding hydrogens is 210 g/mol. The molecule has 2 nitrogen and oxygen atoms in total. The summed E-state index contributed by atoms with van der Waals surface area (Å²) in [5.41, 5.74) is 0.554. The SMILES string of the molecule is CC[C@](C)(O)CNCc1ccc(Cl)cc1. The van der Waals surface area contributed by atoms with Gasteiger partial charge in [0, 0.05) is 18.1 Å². The third-order valence-corrected chi connectivity index (χ3v) is 2.76. The van der Waals surface area contributed by atoms with E-state index in [0.717, 1.165) is 18.0 Å². The second-order valence-corrected chi connectivity index (χ2v) is 4.52. The number of hydrogen-bond acceptors (Lipinski definition) is 2. The van der Waals surface area contributed by atoms with Crippen LogP contribution in [0.25, 0.3) is 0 Å². The number of aliphatic hydroxyl groups is 1. The summed E-state index contributed by atoms with van der Waals surface area (Å²) in [6.45, 7) is 5.17. The van der Waals surface area contributed by atoms with Crippen molar-refractivity contribution in [2.45, 2.75) is 32.4 Å². The predicted molar refractivity (Wildman–Crippen MR) is 64.1 cm³/mol. The van der Waals surface area contributed by atoms with Gasteiger partial charge in [-0.15, -0.1) is 0 Å². The van der Waals surface area contributed by atoms with Gasteiger partial charge >= 0.3 is 0 Å². The number of benzene rings is 1. The van der Waals surface area contributed by atoms with Crippen molar-refractivity contribution in [3.05, 3.63) is 34.9 Å². The lowest BCUT2D eigenvalue weighted by Crippen LogP contribution is -2.36. The molecule has 0 fully saturated rings. The Morgan fingerprint density at radius 3 is 2.47 bits per heavy atom. The molecule has 0 spiro atoms. The molecule has 0 bridgehead atoms. The van der Waals surface area contributed by atoms with Gasteiger partial charge in [-0.2, -0.15) is 0 Å². The molecule has 1 aromatic rings. The predicted octanol–water partition coefficient (Wildman–Crippen LogP) is 2.59. The van der Waals surface area contributed by atoms with Crippen LogP contribution in [0.15, 0.2) is 24.3 Å². The third-order valence-electron chi connectivity index (χ3n) is 2.51. The first-order chi connectivity index (χ1) is 7.03. The summed E-state index contributed by atoms with van der Waals surface area (Å²) in [5.74, 6) is 0. The minimum absolute atomic E-state index is 0.603. The van der Waals surface area contributed by atoms with Gasteiger partial charge in [0.2, 0.25) is 0 Å². The second-order valence-electron chi connectivity index (χ2n) is 4.08. The van der Waals surface area contributed by atoms with Crippen LogP contribution < -0.4 is 5.32 Å².